The number of Topliss-reactive ketones (excluding diaryl/α,β-unsaturated/α-hetero) is 1. The second kappa shape index (κ2) is 8.91. The maximum atomic E-state index is 11.9. The summed E-state index contributed by atoms with van der Waals surface area (Å²) in [6.07, 6.45) is 10.4. The first-order valence-corrected chi connectivity index (χ1v) is 8.23. The van der Waals surface area contributed by atoms with Gasteiger partial charge in [0.2, 0.25) is 0 Å². The molecular weight excluding hydrogens is 260 g/mol. The summed E-state index contributed by atoms with van der Waals surface area (Å²) >= 11 is 0. The van der Waals surface area contributed by atoms with Gasteiger partial charge in [-0.3, -0.25) is 9.79 Å². The summed E-state index contributed by atoms with van der Waals surface area (Å²) in [6.45, 7) is 9.02. The van der Waals surface area contributed by atoms with Gasteiger partial charge >= 0.3 is 0 Å². The molecule has 0 saturated heterocycles. The van der Waals surface area contributed by atoms with Crippen LogP contribution in [0.1, 0.15) is 65.7 Å². The molecule has 3 heteroatoms. The lowest BCUT2D eigenvalue weighted by Gasteiger charge is -2.20. The fourth-order valence-electron chi connectivity index (χ4n) is 3.10. The lowest BCUT2D eigenvalue weighted by atomic mass is 9.84. The van der Waals surface area contributed by atoms with Crippen molar-refractivity contribution in [3.05, 3.63) is 11.8 Å². The minimum atomic E-state index is 0.454. The molecule has 21 heavy (non-hydrogen) atoms. The highest BCUT2D eigenvalue weighted by Crippen LogP contribution is 2.44. The van der Waals surface area contributed by atoms with Crippen molar-refractivity contribution in [2.24, 2.45) is 22.7 Å². The van der Waals surface area contributed by atoms with Crippen molar-refractivity contribution in [3.63, 3.8) is 0 Å². The summed E-state index contributed by atoms with van der Waals surface area (Å²) in [4.78, 5) is 15.5. The van der Waals surface area contributed by atoms with E-state index in [0.29, 0.717) is 23.3 Å². The van der Waals surface area contributed by atoms with Crippen molar-refractivity contribution >= 4 is 18.2 Å². The van der Waals surface area contributed by atoms with Crippen LogP contribution >= 0.6 is 0 Å². The number of aliphatic imine (C=N–C) groups is 1. The Morgan fingerprint density at radius 1 is 1.29 bits per heavy atom. The molecule has 0 aliphatic heterocycles. The van der Waals surface area contributed by atoms with E-state index in [1.165, 1.54) is 44.9 Å². The minimum Gasteiger partial charge on any atom is -0.306 e. The number of carbonyl (C=O) groups excluding carboxylic acids is 1. The molecule has 2 fully saturated rings. The Labute approximate surface area is 129 Å². The zero-order chi connectivity index (χ0) is 15.8. The molecule has 0 spiro atoms. The number of carbonyl (C=O) groups is 1. The predicted molar refractivity (Wildman–Crippen MR) is 90.2 cm³/mol. The number of ketones is 1. The molecule has 1 N–H and O–H groups in total. The standard InChI is InChI=1S/C12H20O.C6H10N2/c1-2-9-8-11(9)12(13)10-6-4-3-5-7-10;1-5(7)4-6(2)8-3/h9-11H,2-8H2,1H3;4,7H,3H2,1-2H3/b;6-4-,7-5?. The van der Waals surface area contributed by atoms with E-state index in [-0.39, 0.29) is 0 Å². The van der Waals surface area contributed by atoms with Gasteiger partial charge in [-0.15, -0.1) is 0 Å². The van der Waals surface area contributed by atoms with Crippen LogP contribution in [0.3, 0.4) is 0 Å². The van der Waals surface area contributed by atoms with Crippen LogP contribution in [0, 0.1) is 23.2 Å². The van der Waals surface area contributed by atoms with Crippen LogP contribution in [0.2, 0.25) is 0 Å². The van der Waals surface area contributed by atoms with E-state index in [1.807, 2.05) is 6.92 Å². The van der Waals surface area contributed by atoms with Crippen LogP contribution in [0.4, 0.5) is 0 Å². The lowest BCUT2D eigenvalue weighted by Crippen LogP contribution is -2.19. The molecule has 0 heterocycles. The molecule has 2 aliphatic carbocycles. The predicted octanol–water partition coefficient (Wildman–Crippen LogP) is 4.81. The van der Waals surface area contributed by atoms with Crippen molar-refractivity contribution in [2.75, 3.05) is 0 Å². The number of nitrogens with one attached hydrogen (secondary N) is 1. The maximum absolute atomic E-state index is 11.9. The van der Waals surface area contributed by atoms with Gasteiger partial charge in [-0.2, -0.15) is 0 Å². The number of hydrogen-bond donors (Lipinski definition) is 1. The smallest absolute Gasteiger partial charge is 0.139 e. The fourth-order valence-corrected chi connectivity index (χ4v) is 3.10. The third kappa shape index (κ3) is 6.36. The molecule has 0 bridgehead atoms. The Morgan fingerprint density at radius 3 is 2.29 bits per heavy atom. The second-order valence-electron chi connectivity index (χ2n) is 6.37. The van der Waals surface area contributed by atoms with E-state index < -0.39 is 0 Å². The molecule has 2 rings (SSSR count). The number of nitrogens with zero attached hydrogens (tertiary/aromatic N) is 1. The first-order chi connectivity index (χ1) is 9.99. The molecule has 3 nitrogen and oxygen atoms in total. The van der Waals surface area contributed by atoms with Crippen molar-refractivity contribution in [1.29, 1.82) is 5.41 Å². The Morgan fingerprint density at radius 2 is 1.90 bits per heavy atom. The number of rotatable bonds is 5. The molecular formula is C18H30N2O. The van der Waals surface area contributed by atoms with Gasteiger partial charge < -0.3 is 5.41 Å². The van der Waals surface area contributed by atoms with Crippen LogP contribution in [-0.2, 0) is 4.79 Å². The van der Waals surface area contributed by atoms with Crippen LogP contribution in [0.25, 0.3) is 0 Å². The van der Waals surface area contributed by atoms with Crippen molar-refractivity contribution in [3.8, 4) is 0 Å². The monoisotopic (exact) mass is 290 g/mol. The average molecular weight is 290 g/mol. The van der Waals surface area contributed by atoms with Crippen molar-refractivity contribution in [1.82, 2.24) is 0 Å². The SMILES string of the molecule is C=N/C(C)=C\C(C)=N.CCC1CC1C(=O)C1CCCCC1. The van der Waals surface area contributed by atoms with Crippen molar-refractivity contribution < 1.29 is 4.79 Å². The average Bonchev–Trinajstić information content (AvgIpc) is 3.27. The van der Waals surface area contributed by atoms with E-state index in [9.17, 15) is 4.79 Å². The third-order valence-electron chi connectivity index (χ3n) is 4.49. The van der Waals surface area contributed by atoms with E-state index >= 15 is 0 Å². The third-order valence-corrected chi connectivity index (χ3v) is 4.49. The topological polar surface area (TPSA) is 53.3 Å². The molecule has 0 amide bonds. The summed E-state index contributed by atoms with van der Waals surface area (Å²) in [5.41, 5.74) is 1.30. The van der Waals surface area contributed by atoms with Gasteiger partial charge in [0.15, 0.2) is 0 Å². The van der Waals surface area contributed by atoms with Gasteiger partial charge in [-0.05, 0) is 51.8 Å². The zero-order valence-corrected chi connectivity index (χ0v) is 13.8. The highest BCUT2D eigenvalue weighted by atomic mass is 16.1. The molecule has 0 aromatic heterocycles. The summed E-state index contributed by atoms with van der Waals surface area (Å²) in [5, 5.41) is 6.96. The van der Waals surface area contributed by atoms with Crippen molar-refractivity contribution in [2.45, 2.75) is 65.7 Å². The summed E-state index contributed by atoms with van der Waals surface area (Å²) in [6, 6.07) is 0. The minimum absolute atomic E-state index is 0.454. The van der Waals surface area contributed by atoms with E-state index in [2.05, 4.69) is 18.6 Å². The first kappa shape index (κ1) is 17.8. The maximum Gasteiger partial charge on any atom is 0.139 e. The molecule has 2 saturated carbocycles. The van der Waals surface area contributed by atoms with Crippen LogP contribution in [0.15, 0.2) is 16.8 Å². The number of hydrogen-bond acceptors (Lipinski definition) is 3. The normalized spacial score (nSPS) is 25.6. The molecule has 2 unspecified atom stereocenters. The Kier molecular flexibility index (Phi) is 7.55. The number of allylic oxidation sites excluding steroid dienone is 2. The molecule has 0 aromatic carbocycles. The summed E-state index contributed by atoms with van der Waals surface area (Å²) in [5.74, 6) is 2.31. The lowest BCUT2D eigenvalue weighted by molar-refractivity contribution is -0.125. The Hall–Kier alpha value is -1.25. The van der Waals surface area contributed by atoms with Gasteiger partial charge in [0.05, 0.1) is 0 Å². The fraction of sp³-hybridized carbons (Fsp3) is 0.722. The van der Waals surface area contributed by atoms with E-state index in [1.54, 1.807) is 13.0 Å². The molecule has 2 aliphatic rings. The highest BCUT2D eigenvalue weighted by molar-refractivity contribution is 5.90. The molecule has 118 valence electrons. The second-order valence-corrected chi connectivity index (χ2v) is 6.37. The molecule has 2 atom stereocenters. The van der Waals surface area contributed by atoms with Gasteiger partial charge in [-0.1, -0.05) is 32.6 Å². The van der Waals surface area contributed by atoms with E-state index in [0.717, 1.165) is 11.6 Å². The van der Waals surface area contributed by atoms with Gasteiger partial charge in [0, 0.05) is 23.2 Å². The quantitative estimate of drug-likeness (QED) is 0.726. The Balaban J connectivity index is 0.000000240. The van der Waals surface area contributed by atoms with Crippen LogP contribution < -0.4 is 0 Å². The zero-order valence-electron chi connectivity index (χ0n) is 13.8. The molecule has 0 radical (unpaired) electrons. The highest BCUT2D eigenvalue weighted by Gasteiger charge is 2.43. The van der Waals surface area contributed by atoms with Gasteiger partial charge in [0.1, 0.15) is 5.78 Å². The van der Waals surface area contributed by atoms with Crippen LogP contribution in [0.5, 0.6) is 0 Å². The summed E-state index contributed by atoms with van der Waals surface area (Å²) in [7, 11) is 0. The van der Waals surface area contributed by atoms with Crippen LogP contribution in [-0.4, -0.2) is 18.2 Å². The largest absolute Gasteiger partial charge is 0.306 e. The van der Waals surface area contributed by atoms with Gasteiger partial charge in [0.25, 0.3) is 0 Å². The Bertz CT molecular complexity index is 405. The molecule has 0 aromatic rings. The first-order valence-electron chi connectivity index (χ1n) is 8.23. The summed E-state index contributed by atoms with van der Waals surface area (Å²) < 4.78 is 0. The van der Waals surface area contributed by atoms with E-state index in [4.69, 9.17) is 5.41 Å². The van der Waals surface area contributed by atoms with Gasteiger partial charge in [-0.25, -0.2) is 0 Å².